The minimum absolute atomic E-state index is 0.0160. The predicted molar refractivity (Wildman–Crippen MR) is 190 cm³/mol. The summed E-state index contributed by atoms with van der Waals surface area (Å²) in [6.45, 7) is 3.67. The number of amides is 2. The number of carbonyl (C=O) groups is 2. The zero-order chi connectivity index (χ0) is 34.0. The molecule has 1 N–H and O–H groups in total. The van der Waals surface area contributed by atoms with Crippen molar-refractivity contribution in [3.8, 4) is 5.75 Å². The number of halogens is 2. The molecule has 0 aliphatic rings. The molecule has 12 heteroatoms. The lowest BCUT2D eigenvalue weighted by Crippen LogP contribution is -2.53. The molecule has 0 aliphatic carbocycles. The Morgan fingerprint density at radius 2 is 1.51 bits per heavy atom. The maximum Gasteiger partial charge on any atom is 0.264 e. The van der Waals surface area contributed by atoms with Gasteiger partial charge in [0.1, 0.15) is 18.3 Å². The van der Waals surface area contributed by atoms with E-state index in [9.17, 15) is 18.0 Å². The molecule has 0 spiro atoms. The molecule has 0 aromatic heterocycles. The Morgan fingerprint density at radius 3 is 2.09 bits per heavy atom. The fourth-order valence-corrected chi connectivity index (χ4v) is 7.32. The molecule has 1 unspecified atom stereocenters. The molecule has 0 saturated carbocycles. The second-order valence-electron chi connectivity index (χ2n) is 10.4. The first-order valence-corrected chi connectivity index (χ1v) is 18.4. The van der Waals surface area contributed by atoms with Crippen LogP contribution in [0.3, 0.4) is 0 Å². The standard InChI is InChI=1S/C35H37Cl2N3O5S2/c1-4-38-35(42)33(22-25-10-7-6-8-11-25)39(23-30-31(36)12-9-13-32(30)37)34(41)24-40(26-14-16-27(17-15-26)45-5-2)47(43,44)29-20-18-28(46-3)19-21-29/h6-21,33H,4-5,22-24H2,1-3H3,(H,38,42). The van der Waals surface area contributed by atoms with Gasteiger partial charge in [0.05, 0.1) is 17.2 Å². The first-order chi connectivity index (χ1) is 22.6. The van der Waals surface area contributed by atoms with Crippen LogP contribution in [0.4, 0.5) is 5.69 Å². The van der Waals surface area contributed by atoms with E-state index in [4.69, 9.17) is 27.9 Å². The van der Waals surface area contributed by atoms with Crippen LogP contribution in [0.2, 0.25) is 10.0 Å². The van der Waals surface area contributed by atoms with Gasteiger partial charge in [-0.15, -0.1) is 11.8 Å². The predicted octanol–water partition coefficient (Wildman–Crippen LogP) is 7.09. The number of thioether (sulfide) groups is 1. The molecule has 0 bridgehead atoms. The van der Waals surface area contributed by atoms with E-state index in [2.05, 4.69) is 5.32 Å². The van der Waals surface area contributed by atoms with E-state index in [1.807, 2.05) is 43.5 Å². The lowest BCUT2D eigenvalue weighted by atomic mass is 10.0. The number of rotatable bonds is 15. The van der Waals surface area contributed by atoms with Crippen molar-refractivity contribution in [2.45, 2.75) is 42.6 Å². The van der Waals surface area contributed by atoms with Crippen molar-refractivity contribution in [1.29, 1.82) is 0 Å². The lowest BCUT2D eigenvalue weighted by Gasteiger charge is -2.34. The summed E-state index contributed by atoms with van der Waals surface area (Å²) >= 11 is 14.6. The highest BCUT2D eigenvalue weighted by molar-refractivity contribution is 7.98. The molecule has 0 radical (unpaired) electrons. The van der Waals surface area contributed by atoms with Crippen molar-refractivity contribution < 1.29 is 22.7 Å². The Morgan fingerprint density at radius 1 is 0.872 bits per heavy atom. The monoisotopic (exact) mass is 713 g/mol. The number of likely N-dealkylation sites (N-methyl/N-ethyl adjacent to an activating group) is 1. The number of carbonyl (C=O) groups excluding carboxylic acids is 2. The summed E-state index contributed by atoms with van der Waals surface area (Å²) in [7, 11) is -4.25. The molecule has 8 nitrogen and oxygen atoms in total. The summed E-state index contributed by atoms with van der Waals surface area (Å²) in [6, 6.07) is 26.2. The Hall–Kier alpha value is -3.70. The van der Waals surface area contributed by atoms with E-state index < -0.39 is 34.4 Å². The number of anilines is 1. The topological polar surface area (TPSA) is 96.0 Å². The molecule has 4 rings (SSSR count). The average Bonchev–Trinajstić information content (AvgIpc) is 3.07. The van der Waals surface area contributed by atoms with Crippen molar-refractivity contribution in [2.24, 2.45) is 0 Å². The van der Waals surface area contributed by atoms with E-state index in [0.717, 1.165) is 14.8 Å². The van der Waals surface area contributed by atoms with Crippen LogP contribution < -0.4 is 14.4 Å². The molecule has 47 heavy (non-hydrogen) atoms. The second-order valence-corrected chi connectivity index (χ2v) is 14.0. The summed E-state index contributed by atoms with van der Waals surface area (Å²) in [6.07, 6.45) is 2.07. The van der Waals surface area contributed by atoms with Crippen LogP contribution in [0, 0.1) is 0 Å². The highest BCUT2D eigenvalue weighted by Gasteiger charge is 2.35. The quantitative estimate of drug-likeness (QED) is 0.132. The van der Waals surface area contributed by atoms with Gasteiger partial charge in [-0.05, 0) is 86.3 Å². The van der Waals surface area contributed by atoms with Gasteiger partial charge in [0.25, 0.3) is 10.0 Å². The van der Waals surface area contributed by atoms with Gasteiger partial charge in [-0.3, -0.25) is 13.9 Å². The molecule has 2 amide bonds. The Bertz CT molecular complexity index is 1740. The molecule has 0 saturated heterocycles. The van der Waals surface area contributed by atoms with Gasteiger partial charge < -0.3 is 15.0 Å². The fourth-order valence-electron chi connectivity index (χ4n) is 4.98. The van der Waals surface area contributed by atoms with Gasteiger partial charge >= 0.3 is 0 Å². The Balaban J connectivity index is 1.82. The van der Waals surface area contributed by atoms with Crippen molar-refractivity contribution in [2.75, 3.05) is 30.3 Å². The van der Waals surface area contributed by atoms with Gasteiger partial charge in [-0.2, -0.15) is 0 Å². The molecule has 248 valence electrons. The summed E-state index contributed by atoms with van der Waals surface area (Å²) in [5.74, 6) is -0.458. The number of nitrogens with one attached hydrogen (secondary N) is 1. The van der Waals surface area contributed by atoms with Crippen LogP contribution in [-0.2, 0) is 32.6 Å². The van der Waals surface area contributed by atoms with Gasteiger partial charge in [0.15, 0.2) is 0 Å². The Kier molecular flexibility index (Phi) is 13.0. The highest BCUT2D eigenvalue weighted by atomic mass is 35.5. The normalized spacial score (nSPS) is 11.9. The number of benzene rings is 4. The molecule has 4 aromatic rings. The van der Waals surface area contributed by atoms with Gasteiger partial charge in [0.2, 0.25) is 11.8 Å². The largest absolute Gasteiger partial charge is 0.494 e. The van der Waals surface area contributed by atoms with Crippen LogP contribution in [0.1, 0.15) is 25.0 Å². The summed E-state index contributed by atoms with van der Waals surface area (Å²) in [4.78, 5) is 30.5. The second kappa shape index (κ2) is 16.9. The third kappa shape index (κ3) is 9.22. The molecular formula is C35H37Cl2N3O5S2. The lowest BCUT2D eigenvalue weighted by molar-refractivity contribution is -0.140. The van der Waals surface area contributed by atoms with Gasteiger partial charge in [0, 0.05) is 40.0 Å². The SMILES string of the molecule is CCNC(=O)C(Cc1ccccc1)N(Cc1c(Cl)cccc1Cl)C(=O)CN(c1ccc(OCC)cc1)S(=O)(=O)c1ccc(SC)cc1. The minimum Gasteiger partial charge on any atom is -0.494 e. The maximum atomic E-state index is 14.6. The zero-order valence-electron chi connectivity index (χ0n) is 26.4. The number of sulfonamides is 1. The summed E-state index contributed by atoms with van der Waals surface area (Å²) < 4.78 is 35.1. The fraction of sp³-hybridized carbons (Fsp3) is 0.257. The number of hydrogen-bond donors (Lipinski definition) is 1. The number of ether oxygens (including phenoxy) is 1. The third-order valence-electron chi connectivity index (χ3n) is 7.37. The van der Waals surface area contributed by atoms with E-state index in [1.165, 1.54) is 28.8 Å². The molecule has 1 atom stereocenters. The zero-order valence-corrected chi connectivity index (χ0v) is 29.5. The van der Waals surface area contributed by atoms with E-state index in [1.54, 1.807) is 61.5 Å². The molecule has 4 aromatic carbocycles. The van der Waals surface area contributed by atoms with Crippen molar-refractivity contribution >= 4 is 62.5 Å². The van der Waals surface area contributed by atoms with Gasteiger partial charge in [-0.25, -0.2) is 8.42 Å². The average molecular weight is 715 g/mol. The van der Waals surface area contributed by atoms with E-state index in [-0.39, 0.29) is 23.5 Å². The van der Waals surface area contributed by atoms with Crippen LogP contribution in [0.25, 0.3) is 0 Å². The van der Waals surface area contributed by atoms with E-state index in [0.29, 0.717) is 34.5 Å². The molecular weight excluding hydrogens is 677 g/mol. The van der Waals surface area contributed by atoms with Crippen molar-refractivity contribution in [1.82, 2.24) is 10.2 Å². The van der Waals surface area contributed by atoms with Crippen molar-refractivity contribution in [3.63, 3.8) is 0 Å². The number of nitrogens with zero attached hydrogens (tertiary/aromatic N) is 2. The first-order valence-electron chi connectivity index (χ1n) is 15.0. The van der Waals surface area contributed by atoms with Crippen LogP contribution in [0.5, 0.6) is 5.75 Å². The Labute approximate surface area is 291 Å². The highest BCUT2D eigenvalue weighted by Crippen LogP contribution is 2.30. The van der Waals surface area contributed by atoms with Crippen LogP contribution in [0.15, 0.2) is 107 Å². The smallest absolute Gasteiger partial charge is 0.264 e. The minimum atomic E-state index is -4.25. The number of hydrogen-bond acceptors (Lipinski definition) is 6. The maximum absolute atomic E-state index is 14.6. The molecule has 0 fully saturated rings. The molecule has 0 heterocycles. The summed E-state index contributed by atoms with van der Waals surface area (Å²) in [5, 5.41) is 3.47. The summed E-state index contributed by atoms with van der Waals surface area (Å²) in [5.41, 5.74) is 1.51. The van der Waals surface area contributed by atoms with Crippen LogP contribution in [-0.4, -0.2) is 57.1 Å². The van der Waals surface area contributed by atoms with Gasteiger partial charge in [-0.1, -0.05) is 59.6 Å². The third-order valence-corrected chi connectivity index (χ3v) is 10.6. The first kappa shape index (κ1) is 36.1. The van der Waals surface area contributed by atoms with Crippen LogP contribution >= 0.6 is 35.0 Å². The van der Waals surface area contributed by atoms with Crippen molar-refractivity contribution in [3.05, 3.63) is 118 Å². The molecule has 0 aliphatic heterocycles. The van der Waals surface area contributed by atoms with E-state index >= 15 is 0 Å².